The van der Waals surface area contributed by atoms with Crippen molar-refractivity contribution < 1.29 is 0 Å². The smallest absolute Gasteiger partial charge is 0.225 e. The molecular weight excluding hydrogens is 369 g/mol. The lowest BCUT2D eigenvalue weighted by Crippen LogP contribution is -2.41. The standard InChI is InChI=1S/C10H13BrIN3/c11-5-9-3-1-2-4-15(9)10-13-6-8(12)7-14-10/h6-7,9H,1-5H2. The van der Waals surface area contributed by atoms with Crippen LogP contribution in [-0.4, -0.2) is 27.9 Å². The molecule has 0 aliphatic carbocycles. The SMILES string of the molecule is BrCC1CCCCN1c1ncc(I)cn1. The summed E-state index contributed by atoms with van der Waals surface area (Å²) in [5, 5.41) is 1.00. The van der Waals surface area contributed by atoms with Crippen molar-refractivity contribution in [3.63, 3.8) is 0 Å². The van der Waals surface area contributed by atoms with Crippen LogP contribution in [0.2, 0.25) is 0 Å². The lowest BCUT2D eigenvalue weighted by molar-refractivity contribution is 0.483. The van der Waals surface area contributed by atoms with Gasteiger partial charge in [0.15, 0.2) is 0 Å². The van der Waals surface area contributed by atoms with Crippen molar-refractivity contribution in [3.8, 4) is 0 Å². The lowest BCUT2D eigenvalue weighted by atomic mass is 10.0. The maximum atomic E-state index is 4.39. The van der Waals surface area contributed by atoms with Crippen LogP contribution in [0.5, 0.6) is 0 Å². The van der Waals surface area contributed by atoms with Crippen molar-refractivity contribution >= 4 is 44.5 Å². The van der Waals surface area contributed by atoms with E-state index in [4.69, 9.17) is 0 Å². The monoisotopic (exact) mass is 381 g/mol. The first-order chi connectivity index (χ1) is 7.31. The van der Waals surface area contributed by atoms with Crippen LogP contribution in [-0.2, 0) is 0 Å². The Morgan fingerprint density at radius 3 is 2.80 bits per heavy atom. The van der Waals surface area contributed by atoms with E-state index in [1.807, 2.05) is 12.4 Å². The number of piperidine rings is 1. The molecule has 3 nitrogen and oxygen atoms in total. The van der Waals surface area contributed by atoms with Crippen molar-refractivity contribution in [3.05, 3.63) is 16.0 Å². The van der Waals surface area contributed by atoms with Gasteiger partial charge in [-0.25, -0.2) is 9.97 Å². The molecule has 0 spiro atoms. The van der Waals surface area contributed by atoms with Crippen LogP contribution in [0.25, 0.3) is 0 Å². The van der Waals surface area contributed by atoms with Crippen LogP contribution < -0.4 is 4.90 Å². The van der Waals surface area contributed by atoms with Gasteiger partial charge in [0.25, 0.3) is 0 Å². The molecule has 0 aromatic carbocycles. The molecule has 1 aliphatic heterocycles. The number of nitrogens with zero attached hydrogens (tertiary/aromatic N) is 3. The normalized spacial score (nSPS) is 21.7. The van der Waals surface area contributed by atoms with E-state index in [9.17, 15) is 0 Å². The molecule has 82 valence electrons. The molecule has 0 amide bonds. The van der Waals surface area contributed by atoms with Gasteiger partial charge in [-0.05, 0) is 41.9 Å². The van der Waals surface area contributed by atoms with Crippen molar-refractivity contribution in [2.45, 2.75) is 25.3 Å². The molecule has 1 aliphatic rings. The van der Waals surface area contributed by atoms with Gasteiger partial charge in [-0.1, -0.05) is 15.9 Å². The Morgan fingerprint density at radius 1 is 1.40 bits per heavy atom. The summed E-state index contributed by atoms with van der Waals surface area (Å²) < 4.78 is 1.09. The van der Waals surface area contributed by atoms with E-state index in [0.717, 1.165) is 21.4 Å². The first kappa shape index (κ1) is 11.6. The van der Waals surface area contributed by atoms with Gasteiger partial charge in [-0.2, -0.15) is 0 Å². The van der Waals surface area contributed by atoms with Gasteiger partial charge in [-0.3, -0.25) is 0 Å². The summed E-state index contributed by atoms with van der Waals surface area (Å²) in [6.07, 6.45) is 7.56. The molecule has 1 unspecified atom stereocenters. The highest BCUT2D eigenvalue weighted by Gasteiger charge is 2.23. The summed E-state index contributed by atoms with van der Waals surface area (Å²) in [7, 11) is 0. The van der Waals surface area contributed by atoms with E-state index in [0.29, 0.717) is 6.04 Å². The Hall–Kier alpha value is 0.0900. The van der Waals surface area contributed by atoms with Crippen LogP contribution in [0.15, 0.2) is 12.4 Å². The van der Waals surface area contributed by atoms with Crippen molar-refractivity contribution in [2.75, 3.05) is 16.8 Å². The molecule has 1 fully saturated rings. The maximum Gasteiger partial charge on any atom is 0.225 e. The van der Waals surface area contributed by atoms with Gasteiger partial charge in [-0.15, -0.1) is 0 Å². The topological polar surface area (TPSA) is 29.0 Å². The largest absolute Gasteiger partial charge is 0.337 e. The summed E-state index contributed by atoms with van der Waals surface area (Å²) in [6.45, 7) is 1.08. The van der Waals surface area contributed by atoms with E-state index < -0.39 is 0 Å². The number of anilines is 1. The Kier molecular flexibility index (Phi) is 4.19. The van der Waals surface area contributed by atoms with Crippen LogP contribution >= 0.6 is 38.5 Å². The zero-order valence-corrected chi connectivity index (χ0v) is 12.1. The van der Waals surface area contributed by atoms with Crippen molar-refractivity contribution in [1.29, 1.82) is 0 Å². The second kappa shape index (κ2) is 5.43. The highest BCUT2D eigenvalue weighted by Crippen LogP contribution is 2.22. The van der Waals surface area contributed by atoms with Crippen LogP contribution in [0.3, 0.4) is 0 Å². The minimum atomic E-state index is 0.554. The van der Waals surface area contributed by atoms with E-state index in [1.165, 1.54) is 19.3 Å². The molecule has 5 heteroatoms. The molecule has 1 aromatic rings. The fourth-order valence-electron chi connectivity index (χ4n) is 1.88. The quantitative estimate of drug-likeness (QED) is 0.582. The average Bonchev–Trinajstić information content (AvgIpc) is 2.30. The predicted octanol–water partition coefficient (Wildman–Crippen LogP) is 2.84. The van der Waals surface area contributed by atoms with Gasteiger partial charge in [0.2, 0.25) is 5.95 Å². The lowest BCUT2D eigenvalue weighted by Gasteiger charge is -2.34. The highest BCUT2D eigenvalue weighted by atomic mass is 127. The minimum absolute atomic E-state index is 0.554. The molecule has 1 aromatic heterocycles. The second-order valence-corrected chi connectivity index (χ2v) is 5.59. The zero-order valence-electron chi connectivity index (χ0n) is 8.37. The van der Waals surface area contributed by atoms with Gasteiger partial charge in [0.1, 0.15) is 0 Å². The number of aromatic nitrogens is 2. The first-order valence-electron chi connectivity index (χ1n) is 5.11. The summed E-state index contributed by atoms with van der Waals surface area (Å²) in [5.74, 6) is 0.875. The summed E-state index contributed by atoms with van der Waals surface area (Å²) in [4.78, 5) is 11.1. The molecule has 1 atom stereocenters. The Morgan fingerprint density at radius 2 is 2.13 bits per heavy atom. The Balaban J connectivity index is 2.16. The minimum Gasteiger partial charge on any atom is -0.337 e. The average molecular weight is 382 g/mol. The van der Waals surface area contributed by atoms with Gasteiger partial charge in [0.05, 0.1) is 0 Å². The number of rotatable bonds is 2. The molecule has 0 radical (unpaired) electrons. The maximum absolute atomic E-state index is 4.39. The first-order valence-corrected chi connectivity index (χ1v) is 7.31. The van der Waals surface area contributed by atoms with E-state index in [2.05, 4.69) is 53.4 Å². The van der Waals surface area contributed by atoms with E-state index in [-0.39, 0.29) is 0 Å². The van der Waals surface area contributed by atoms with Crippen LogP contribution in [0.4, 0.5) is 5.95 Å². The van der Waals surface area contributed by atoms with Crippen molar-refractivity contribution in [1.82, 2.24) is 9.97 Å². The molecule has 2 heterocycles. The van der Waals surface area contributed by atoms with E-state index >= 15 is 0 Å². The summed E-state index contributed by atoms with van der Waals surface area (Å²) in [6, 6.07) is 0.554. The van der Waals surface area contributed by atoms with Gasteiger partial charge >= 0.3 is 0 Å². The molecule has 2 rings (SSSR count). The zero-order chi connectivity index (χ0) is 10.7. The van der Waals surface area contributed by atoms with Crippen LogP contribution in [0, 0.1) is 3.57 Å². The summed E-state index contributed by atoms with van der Waals surface area (Å²) >= 11 is 5.79. The Labute approximate surface area is 112 Å². The van der Waals surface area contributed by atoms with Crippen LogP contribution in [0.1, 0.15) is 19.3 Å². The van der Waals surface area contributed by atoms with Gasteiger partial charge in [0, 0.05) is 33.9 Å². The molecule has 15 heavy (non-hydrogen) atoms. The third-order valence-electron chi connectivity index (χ3n) is 2.67. The Bertz CT molecular complexity index is 317. The fourth-order valence-corrected chi connectivity index (χ4v) is 2.83. The highest BCUT2D eigenvalue weighted by molar-refractivity contribution is 14.1. The molecule has 0 bridgehead atoms. The van der Waals surface area contributed by atoms with Crippen molar-refractivity contribution in [2.24, 2.45) is 0 Å². The second-order valence-electron chi connectivity index (χ2n) is 3.70. The number of alkyl halides is 1. The third kappa shape index (κ3) is 2.81. The molecular formula is C10H13BrIN3. The summed E-state index contributed by atoms with van der Waals surface area (Å²) in [5.41, 5.74) is 0. The van der Waals surface area contributed by atoms with Gasteiger partial charge < -0.3 is 4.90 Å². The number of hydrogen-bond acceptors (Lipinski definition) is 3. The third-order valence-corrected chi connectivity index (χ3v) is 3.97. The molecule has 0 saturated carbocycles. The van der Waals surface area contributed by atoms with E-state index in [1.54, 1.807) is 0 Å². The number of halogens is 2. The molecule has 1 saturated heterocycles. The number of hydrogen-bond donors (Lipinski definition) is 0. The fraction of sp³-hybridized carbons (Fsp3) is 0.600. The predicted molar refractivity (Wildman–Crippen MR) is 73.5 cm³/mol. The molecule has 0 N–H and O–H groups in total.